The van der Waals surface area contributed by atoms with E-state index >= 15 is 0 Å². The third-order valence-electron chi connectivity index (χ3n) is 3.50. The molecule has 27 heavy (non-hydrogen) atoms. The van der Waals surface area contributed by atoms with Crippen molar-refractivity contribution in [2.75, 3.05) is 21.3 Å². The van der Waals surface area contributed by atoms with E-state index in [4.69, 9.17) is 29.3 Å². The molecule has 0 amide bonds. The Balaban J connectivity index is 0.00000114. The number of rotatable bonds is 5. The number of phenolic OH excluding ortho intramolecular Hbond substituents is 2. The van der Waals surface area contributed by atoms with Crippen LogP contribution < -0.4 is 14.2 Å². The molecule has 0 spiro atoms. The van der Waals surface area contributed by atoms with Gasteiger partial charge in [-0.3, -0.25) is 0 Å². The number of phenols is 2. The summed E-state index contributed by atoms with van der Waals surface area (Å²) in [5, 5.41) is 29.4. The predicted molar refractivity (Wildman–Crippen MR) is 101 cm³/mol. The van der Waals surface area contributed by atoms with Gasteiger partial charge in [-0.1, -0.05) is 0 Å². The van der Waals surface area contributed by atoms with Gasteiger partial charge in [-0.15, -0.1) is 0 Å². The van der Waals surface area contributed by atoms with Gasteiger partial charge < -0.3 is 34.2 Å². The molecule has 0 aliphatic rings. The molecule has 0 heterocycles. The number of nitriles is 1. The van der Waals surface area contributed by atoms with E-state index in [2.05, 4.69) is 0 Å². The summed E-state index contributed by atoms with van der Waals surface area (Å²) in [7, 11) is 3.50. The van der Waals surface area contributed by atoms with Crippen molar-refractivity contribution < 1.29 is 34.2 Å². The number of aromatic hydroxyl groups is 2. The Hall–Kier alpha value is -2.98. The smallest absolute Gasteiger partial charge is 0.201 e. The quantitative estimate of drug-likeness (QED) is 0.346. The molecule has 2 rings (SSSR count). The van der Waals surface area contributed by atoms with Gasteiger partial charge in [-0.05, 0) is 29.8 Å². The summed E-state index contributed by atoms with van der Waals surface area (Å²) in [5.41, 5.74) is 1.28. The van der Waals surface area contributed by atoms with Crippen molar-refractivity contribution in [2.24, 2.45) is 0 Å². The van der Waals surface area contributed by atoms with Gasteiger partial charge in [-0.2, -0.15) is 5.26 Å². The maximum Gasteiger partial charge on any atom is 0.201 e. The normalized spacial score (nSPS) is 10.3. The van der Waals surface area contributed by atoms with Crippen molar-refractivity contribution >= 4 is 14.6 Å². The zero-order valence-electron chi connectivity index (χ0n) is 14.9. The number of allylic oxidation sites excluding steroid dienone is 1. The van der Waals surface area contributed by atoms with E-state index in [1.807, 2.05) is 6.07 Å². The summed E-state index contributed by atoms with van der Waals surface area (Å²) in [4.78, 5) is 14.3. The number of methoxy groups -OCH3 is 3. The third kappa shape index (κ3) is 5.50. The molecule has 0 saturated heterocycles. The Morgan fingerprint density at radius 1 is 0.963 bits per heavy atom. The largest absolute Gasteiger partial charge is 0.504 e. The topological polar surface area (TPSA) is 132 Å². The number of nitrogens with zero attached hydrogens (tertiary/aromatic N) is 1. The SMILES string of the molecule is COc1cc(OC)cc(/C(=C/C#N)c2ccc(OC)c(O)c2O)c1.OPO. The zero-order valence-corrected chi connectivity index (χ0v) is 15.9. The van der Waals surface area contributed by atoms with Gasteiger partial charge >= 0.3 is 0 Å². The van der Waals surface area contributed by atoms with Crippen LogP contribution >= 0.6 is 9.03 Å². The van der Waals surface area contributed by atoms with Crippen molar-refractivity contribution in [3.05, 3.63) is 47.5 Å². The predicted octanol–water partition coefficient (Wildman–Crippen LogP) is 2.56. The summed E-state index contributed by atoms with van der Waals surface area (Å²) in [5.74, 6) is 0.429. The lowest BCUT2D eigenvalue weighted by Crippen LogP contribution is -1.94. The first-order valence-corrected chi connectivity index (χ1v) is 8.32. The monoisotopic (exact) mass is 393 g/mol. The van der Waals surface area contributed by atoms with Crippen LogP contribution in [0.1, 0.15) is 11.1 Å². The zero-order chi connectivity index (χ0) is 20.4. The van der Waals surface area contributed by atoms with Crippen LogP contribution in [0.5, 0.6) is 28.7 Å². The molecule has 0 bridgehead atoms. The van der Waals surface area contributed by atoms with E-state index in [9.17, 15) is 10.2 Å². The van der Waals surface area contributed by atoms with E-state index in [0.29, 0.717) is 22.6 Å². The molecule has 0 unspecified atom stereocenters. The Kier molecular flexibility index (Phi) is 8.90. The number of hydrogen-bond donors (Lipinski definition) is 4. The van der Waals surface area contributed by atoms with Crippen LogP contribution in [0.2, 0.25) is 0 Å². The molecule has 9 heteroatoms. The van der Waals surface area contributed by atoms with E-state index in [1.54, 1.807) is 24.3 Å². The van der Waals surface area contributed by atoms with E-state index < -0.39 is 14.8 Å². The fraction of sp³-hybridized carbons (Fsp3) is 0.167. The van der Waals surface area contributed by atoms with Crippen molar-refractivity contribution in [3.8, 4) is 34.8 Å². The summed E-state index contributed by atoms with van der Waals surface area (Å²) in [6.45, 7) is 0. The van der Waals surface area contributed by atoms with Crippen LogP contribution in [-0.4, -0.2) is 41.3 Å². The Bertz CT molecular complexity index is 824. The molecule has 0 aliphatic heterocycles. The molecule has 0 aliphatic carbocycles. The maximum absolute atomic E-state index is 10.3. The minimum absolute atomic E-state index is 0.135. The number of ether oxygens (including phenoxy) is 3. The highest BCUT2D eigenvalue weighted by Gasteiger charge is 2.18. The fourth-order valence-electron chi connectivity index (χ4n) is 2.29. The Labute approximate surface area is 158 Å². The standard InChI is InChI=1S/C18H17NO5.H3O2P/c1-22-12-8-11(9-13(10-12)23-2)14(6-7-19)15-4-5-16(24-3)18(21)17(15)20;1-3-2/h4-6,8-10,20-21H,1-3H3;1-3H/b14-6-;. The Morgan fingerprint density at radius 3 is 1.96 bits per heavy atom. The molecule has 0 saturated carbocycles. The molecule has 0 aromatic heterocycles. The van der Waals surface area contributed by atoms with Crippen molar-refractivity contribution in [3.63, 3.8) is 0 Å². The molecular formula is C18H20NO7P. The highest BCUT2D eigenvalue weighted by atomic mass is 31.1. The Morgan fingerprint density at radius 2 is 1.52 bits per heavy atom. The molecule has 0 fully saturated rings. The second-order valence-electron chi connectivity index (χ2n) is 4.90. The molecule has 2 aromatic carbocycles. The lowest BCUT2D eigenvalue weighted by atomic mass is 9.96. The summed E-state index contributed by atoms with van der Waals surface area (Å²) in [6, 6.07) is 10.1. The van der Waals surface area contributed by atoms with Crippen LogP contribution in [0.3, 0.4) is 0 Å². The molecule has 8 nitrogen and oxygen atoms in total. The van der Waals surface area contributed by atoms with Crippen LogP contribution in [0.25, 0.3) is 5.57 Å². The minimum atomic E-state index is -0.917. The van der Waals surface area contributed by atoms with Gasteiger partial charge in [-0.25, -0.2) is 0 Å². The van der Waals surface area contributed by atoms with Gasteiger partial charge in [0.1, 0.15) is 20.5 Å². The minimum Gasteiger partial charge on any atom is -0.504 e. The molecule has 4 N–H and O–H groups in total. The molecule has 0 radical (unpaired) electrons. The third-order valence-corrected chi connectivity index (χ3v) is 3.50. The van der Waals surface area contributed by atoms with Gasteiger partial charge in [0.15, 0.2) is 11.5 Å². The molecular weight excluding hydrogens is 373 g/mol. The average Bonchev–Trinajstić information content (AvgIpc) is 2.68. The average molecular weight is 393 g/mol. The van der Waals surface area contributed by atoms with Crippen molar-refractivity contribution in [1.29, 1.82) is 5.26 Å². The second kappa shape index (κ2) is 10.9. The molecule has 144 valence electrons. The summed E-state index contributed by atoms with van der Waals surface area (Å²) < 4.78 is 15.4. The summed E-state index contributed by atoms with van der Waals surface area (Å²) >= 11 is 0. The first kappa shape index (κ1) is 22.1. The summed E-state index contributed by atoms with van der Waals surface area (Å²) in [6.07, 6.45) is 1.27. The van der Waals surface area contributed by atoms with Crippen molar-refractivity contribution in [1.82, 2.24) is 0 Å². The highest BCUT2D eigenvalue weighted by Crippen LogP contribution is 2.43. The first-order chi connectivity index (χ1) is 13.0. The van der Waals surface area contributed by atoms with E-state index in [0.717, 1.165) is 0 Å². The van der Waals surface area contributed by atoms with Crippen LogP contribution in [0, 0.1) is 11.3 Å². The van der Waals surface area contributed by atoms with E-state index in [1.165, 1.54) is 33.5 Å². The van der Waals surface area contributed by atoms with Gasteiger partial charge in [0, 0.05) is 23.3 Å². The van der Waals surface area contributed by atoms with E-state index in [-0.39, 0.29) is 17.1 Å². The van der Waals surface area contributed by atoms with Crippen LogP contribution in [0.15, 0.2) is 36.4 Å². The van der Waals surface area contributed by atoms with Gasteiger partial charge in [0.25, 0.3) is 0 Å². The highest BCUT2D eigenvalue weighted by molar-refractivity contribution is 7.23. The van der Waals surface area contributed by atoms with Crippen molar-refractivity contribution in [2.45, 2.75) is 0 Å². The first-order valence-electron chi connectivity index (χ1n) is 7.43. The van der Waals surface area contributed by atoms with Crippen LogP contribution in [-0.2, 0) is 0 Å². The van der Waals surface area contributed by atoms with Crippen LogP contribution in [0.4, 0.5) is 0 Å². The maximum atomic E-state index is 10.3. The lowest BCUT2D eigenvalue weighted by molar-refractivity contribution is 0.350. The second-order valence-corrected chi connectivity index (χ2v) is 5.10. The number of benzene rings is 2. The molecule has 2 aromatic rings. The van der Waals surface area contributed by atoms with Gasteiger partial charge in [0.2, 0.25) is 5.75 Å². The fourth-order valence-corrected chi connectivity index (χ4v) is 2.29. The number of hydrogen-bond acceptors (Lipinski definition) is 8. The molecule has 0 atom stereocenters. The van der Waals surface area contributed by atoms with Gasteiger partial charge in [0.05, 0.1) is 27.4 Å². The lowest BCUT2D eigenvalue weighted by Gasteiger charge is -2.14.